The molecule has 1 aromatic heterocycles. The van der Waals surface area contributed by atoms with Crippen LogP contribution in [-0.2, 0) is 41.6 Å². The third-order valence-corrected chi connectivity index (χ3v) is 16.8. The average molecular weight is 1030 g/mol. The number of carbonyl (C=O) groups is 2. The molecular weight excluding hydrogens is 958 g/mol. The second kappa shape index (κ2) is 26.6. The predicted molar refractivity (Wildman–Crippen MR) is 287 cm³/mol. The van der Waals surface area contributed by atoms with Gasteiger partial charge in [0.2, 0.25) is 5.91 Å². The number of rotatable bonds is 29. The molecule has 0 radical (unpaired) electrons. The van der Waals surface area contributed by atoms with E-state index >= 15 is 0 Å². The maximum absolute atomic E-state index is 14.8. The molecule has 5 rings (SSSR count). The second-order valence-corrected chi connectivity index (χ2v) is 22.9. The van der Waals surface area contributed by atoms with Crippen molar-refractivity contribution in [2.24, 2.45) is 0 Å². The van der Waals surface area contributed by atoms with Gasteiger partial charge in [0.15, 0.2) is 10.7 Å². The molecule has 4 aromatic carbocycles. The van der Waals surface area contributed by atoms with E-state index in [-0.39, 0.29) is 61.9 Å². The minimum Gasteiger partial charge on any atom is -0.610 e. The molecule has 0 bridgehead atoms. The Balaban J connectivity index is 1.38. The molecular formula is C55H74ClN5O8S2. The van der Waals surface area contributed by atoms with Crippen molar-refractivity contribution < 1.29 is 32.0 Å². The summed E-state index contributed by atoms with van der Waals surface area (Å²) in [4.78, 5) is 46.6. The van der Waals surface area contributed by atoms with Crippen LogP contribution in [0.25, 0.3) is 10.9 Å². The van der Waals surface area contributed by atoms with Gasteiger partial charge in [-0.25, -0.2) is 22.8 Å². The number of halogens is 1. The molecule has 13 nitrogen and oxygen atoms in total. The molecule has 2 atom stereocenters. The summed E-state index contributed by atoms with van der Waals surface area (Å²) in [5.41, 5.74) is 5.10. The third-order valence-electron chi connectivity index (χ3n) is 13.4. The molecule has 2 unspecified atom stereocenters. The standard InChI is InChI=1S/C55H74ClN5O8S2/c1-9-12-13-14-15-16-17-18-19-23-31-49(62)60-71(66,67)48-38-47(68-8)45(37-43(48)56)59-52(63)50(70(65)40-27-21-20-22-28-40)51-58-44-30-25-24-29-41(44)53(64)61(51)57-34-26-35-69-46-33-32-39(54(4,5)10-2)36-42(46)55(6,7)11-3/h20-22,24-25,27-30,32-33,36-38,50,57H,9-19,23,26,31,34-35H2,1-8H3,(H,59,63)(H,60,62). The van der Waals surface area contributed by atoms with Crippen molar-refractivity contribution in [2.75, 3.05) is 31.0 Å². The topological polar surface area (TPSA) is 181 Å². The fourth-order valence-electron chi connectivity index (χ4n) is 8.16. The molecule has 16 heteroatoms. The maximum Gasteiger partial charge on any atom is 0.286 e. The molecule has 3 N–H and O–H groups in total. The van der Waals surface area contributed by atoms with Crippen LogP contribution in [-0.4, -0.2) is 54.7 Å². The number of sulfonamides is 1. The fourth-order valence-corrected chi connectivity index (χ4v) is 11.0. The number of amides is 2. The van der Waals surface area contributed by atoms with Gasteiger partial charge in [0.25, 0.3) is 26.7 Å². The summed E-state index contributed by atoms with van der Waals surface area (Å²) in [7, 11) is -3.18. The zero-order chi connectivity index (χ0) is 51.8. The molecule has 0 spiro atoms. The number of unbranched alkanes of at least 4 members (excludes halogenated alkanes) is 9. The van der Waals surface area contributed by atoms with Crippen LogP contribution in [0, 0.1) is 0 Å². The van der Waals surface area contributed by atoms with E-state index in [1.54, 1.807) is 54.6 Å². The number of hydrogen-bond acceptors (Lipinski definition) is 10. The Morgan fingerprint density at radius 3 is 2.08 bits per heavy atom. The molecule has 0 fully saturated rings. The SMILES string of the molecule is CCCCCCCCCCCCC(=O)NS(=O)(=O)c1cc(OC)c(NC(=O)C(c2nc3ccccc3c(=O)n2NCCCOc2ccc(C(C)(C)CC)cc2C(C)(C)CC)[S+]([O-])c2ccccc2)cc1Cl. The monoisotopic (exact) mass is 1030 g/mol. The highest BCUT2D eigenvalue weighted by atomic mass is 35.5. The summed E-state index contributed by atoms with van der Waals surface area (Å²) in [6.07, 6.45) is 13.1. The lowest BCUT2D eigenvalue weighted by molar-refractivity contribution is -0.119. The first-order valence-corrected chi connectivity index (χ1v) is 28.2. The van der Waals surface area contributed by atoms with E-state index < -0.39 is 48.7 Å². The van der Waals surface area contributed by atoms with E-state index in [4.69, 9.17) is 26.1 Å². The molecule has 71 heavy (non-hydrogen) atoms. The van der Waals surface area contributed by atoms with Crippen molar-refractivity contribution in [3.05, 3.63) is 117 Å². The Hall–Kier alpha value is -5.09. The van der Waals surface area contributed by atoms with E-state index in [9.17, 15) is 27.4 Å². The predicted octanol–water partition coefficient (Wildman–Crippen LogP) is 12.0. The van der Waals surface area contributed by atoms with E-state index in [1.165, 1.54) is 55.5 Å². The maximum atomic E-state index is 14.8. The first-order valence-electron chi connectivity index (χ1n) is 25.1. The lowest BCUT2D eigenvalue weighted by atomic mass is 9.76. The van der Waals surface area contributed by atoms with E-state index in [1.807, 2.05) is 6.07 Å². The summed E-state index contributed by atoms with van der Waals surface area (Å²) >= 11 is 4.45. The molecule has 5 aromatic rings. The van der Waals surface area contributed by atoms with Crippen LogP contribution in [0.3, 0.4) is 0 Å². The largest absolute Gasteiger partial charge is 0.610 e. The Kier molecular flexibility index (Phi) is 21.3. The van der Waals surface area contributed by atoms with Crippen LogP contribution in [0.15, 0.2) is 99.5 Å². The van der Waals surface area contributed by atoms with Crippen LogP contribution in [0.2, 0.25) is 5.02 Å². The molecule has 0 saturated carbocycles. The van der Waals surface area contributed by atoms with E-state index in [2.05, 4.69) is 76.1 Å². The number of anilines is 1. The highest BCUT2D eigenvalue weighted by Crippen LogP contribution is 2.39. The highest BCUT2D eigenvalue weighted by molar-refractivity contribution is 7.92. The van der Waals surface area contributed by atoms with Gasteiger partial charge in [-0.1, -0.05) is 160 Å². The van der Waals surface area contributed by atoms with Gasteiger partial charge in [0.1, 0.15) is 16.4 Å². The van der Waals surface area contributed by atoms with Crippen molar-refractivity contribution in [3.63, 3.8) is 0 Å². The molecule has 386 valence electrons. The summed E-state index contributed by atoms with van der Waals surface area (Å²) in [6.45, 7) is 15.9. The number of hydrogen-bond donors (Lipinski definition) is 3. The van der Waals surface area contributed by atoms with Crippen LogP contribution in [0.1, 0.15) is 161 Å². The van der Waals surface area contributed by atoms with Crippen molar-refractivity contribution >= 4 is 61.2 Å². The number of ether oxygens (including phenoxy) is 2. The normalized spacial score (nSPS) is 12.9. The highest BCUT2D eigenvalue weighted by Gasteiger charge is 2.40. The molecule has 0 saturated heterocycles. The minimum absolute atomic E-state index is 0.00247. The van der Waals surface area contributed by atoms with Gasteiger partial charge in [-0.3, -0.25) is 14.4 Å². The number of nitrogens with one attached hydrogen (secondary N) is 3. The van der Waals surface area contributed by atoms with Gasteiger partial charge in [-0.2, -0.15) is 0 Å². The first kappa shape index (κ1) is 56.8. The van der Waals surface area contributed by atoms with Gasteiger partial charge in [0, 0.05) is 42.2 Å². The number of methoxy groups -OCH3 is 1. The first-order chi connectivity index (χ1) is 33.9. The van der Waals surface area contributed by atoms with Crippen LogP contribution >= 0.6 is 11.6 Å². The Labute approximate surface area is 429 Å². The van der Waals surface area contributed by atoms with Gasteiger partial charge in [-0.15, -0.1) is 0 Å². The fraction of sp³-hybridized carbons (Fsp3) is 0.491. The minimum atomic E-state index is -4.46. The van der Waals surface area contributed by atoms with Crippen LogP contribution in [0.5, 0.6) is 11.5 Å². The summed E-state index contributed by atoms with van der Waals surface area (Å²) < 4.78 is 57.0. The smallest absolute Gasteiger partial charge is 0.286 e. The summed E-state index contributed by atoms with van der Waals surface area (Å²) in [5, 5.41) is 1.08. The summed E-state index contributed by atoms with van der Waals surface area (Å²) in [5.74, 6) is -0.970. The number of para-hydroxylation sites is 1. The number of carbonyl (C=O) groups excluding carboxylic acids is 2. The number of aromatic nitrogens is 2. The molecule has 0 aliphatic carbocycles. The van der Waals surface area contributed by atoms with Crippen LogP contribution in [0.4, 0.5) is 5.69 Å². The lowest BCUT2D eigenvalue weighted by Gasteiger charge is -2.30. The molecule has 0 aliphatic rings. The average Bonchev–Trinajstić information content (AvgIpc) is 3.35. The van der Waals surface area contributed by atoms with E-state index in [0.717, 1.165) is 55.9 Å². The third kappa shape index (κ3) is 15.2. The van der Waals surface area contributed by atoms with Gasteiger partial charge in [0.05, 0.1) is 35.3 Å². The number of benzene rings is 4. The molecule has 1 heterocycles. The van der Waals surface area contributed by atoms with Gasteiger partial charge >= 0.3 is 0 Å². The van der Waals surface area contributed by atoms with Crippen LogP contribution < -0.4 is 30.5 Å². The zero-order valence-corrected chi connectivity index (χ0v) is 45.2. The molecule has 2 amide bonds. The zero-order valence-electron chi connectivity index (χ0n) is 42.8. The van der Waals surface area contributed by atoms with Gasteiger partial charge < -0.3 is 24.8 Å². The van der Waals surface area contributed by atoms with Crippen molar-refractivity contribution in [2.45, 2.75) is 164 Å². The lowest BCUT2D eigenvalue weighted by Crippen LogP contribution is -2.39. The Bertz CT molecular complexity index is 2730. The van der Waals surface area contributed by atoms with Crippen molar-refractivity contribution in [1.82, 2.24) is 14.4 Å². The second-order valence-electron chi connectivity index (χ2n) is 19.3. The summed E-state index contributed by atoms with van der Waals surface area (Å²) in [6, 6.07) is 23.7. The van der Waals surface area contributed by atoms with Gasteiger partial charge in [-0.05, 0) is 72.1 Å². The Morgan fingerprint density at radius 2 is 1.44 bits per heavy atom. The molecule has 0 aliphatic heterocycles. The Morgan fingerprint density at radius 1 is 0.803 bits per heavy atom. The quantitative estimate of drug-likeness (QED) is 0.0308. The number of nitrogens with zero attached hydrogens (tertiary/aromatic N) is 2. The van der Waals surface area contributed by atoms with Crippen molar-refractivity contribution in [3.8, 4) is 11.5 Å². The van der Waals surface area contributed by atoms with E-state index in [0.29, 0.717) is 19.4 Å². The number of fused-ring (bicyclic) bond motifs is 1. The van der Waals surface area contributed by atoms with Crippen molar-refractivity contribution in [1.29, 1.82) is 0 Å².